The van der Waals surface area contributed by atoms with Crippen LogP contribution in [0, 0.1) is 0 Å². The largest absolute Gasteiger partial charge is 0.374 e. The first kappa shape index (κ1) is 19.1. The van der Waals surface area contributed by atoms with E-state index in [1.54, 1.807) is 24.3 Å². The number of rotatable bonds is 7. The normalized spacial score (nSPS) is 11.5. The van der Waals surface area contributed by atoms with Gasteiger partial charge in [-0.2, -0.15) is 0 Å². The maximum absolute atomic E-state index is 12.3. The molecule has 0 aliphatic carbocycles. The molecule has 2 aromatic rings. The Morgan fingerprint density at radius 1 is 1.04 bits per heavy atom. The third kappa shape index (κ3) is 5.38. The predicted molar refractivity (Wildman–Crippen MR) is 97.0 cm³/mol. The highest BCUT2D eigenvalue weighted by atomic mass is 32.2. The van der Waals surface area contributed by atoms with E-state index >= 15 is 0 Å². The monoisotopic (exact) mass is 362 g/mol. The Kier molecular flexibility index (Phi) is 6.30. The minimum atomic E-state index is -3.49. The molecule has 0 saturated heterocycles. The van der Waals surface area contributed by atoms with Crippen molar-refractivity contribution in [2.24, 2.45) is 0 Å². The van der Waals surface area contributed by atoms with Crippen molar-refractivity contribution in [1.29, 1.82) is 0 Å². The molecule has 2 rings (SSSR count). The molecular weight excluding hydrogens is 340 g/mol. The van der Waals surface area contributed by atoms with Crippen LogP contribution in [0.4, 0.5) is 5.69 Å². The van der Waals surface area contributed by atoms with Crippen molar-refractivity contribution in [3.63, 3.8) is 0 Å². The Bertz CT molecular complexity index is 813. The zero-order valence-corrected chi connectivity index (χ0v) is 15.3. The molecular formula is C18H22N2O4S. The molecule has 1 amide bonds. The van der Waals surface area contributed by atoms with Gasteiger partial charge < -0.3 is 10.1 Å². The smallest absolute Gasteiger partial charge is 0.255 e. The van der Waals surface area contributed by atoms with Crippen LogP contribution in [0.25, 0.3) is 0 Å². The molecule has 25 heavy (non-hydrogen) atoms. The summed E-state index contributed by atoms with van der Waals surface area (Å²) in [5.41, 5.74) is 2.03. The van der Waals surface area contributed by atoms with Crippen LogP contribution in [0.5, 0.6) is 0 Å². The molecule has 2 N–H and O–H groups in total. The number of ether oxygens (including phenoxy) is 1. The molecule has 0 aliphatic heterocycles. The number of sulfonamides is 1. The van der Waals surface area contributed by atoms with Crippen LogP contribution in [-0.2, 0) is 21.4 Å². The molecule has 134 valence electrons. The lowest BCUT2D eigenvalue weighted by atomic mass is 10.1. The summed E-state index contributed by atoms with van der Waals surface area (Å²) in [6.45, 7) is 4.44. The van der Waals surface area contributed by atoms with Gasteiger partial charge in [-0.05, 0) is 62.9 Å². The Morgan fingerprint density at radius 2 is 1.64 bits per heavy atom. The van der Waals surface area contributed by atoms with Crippen LogP contribution in [-0.4, -0.2) is 27.5 Å². The first-order chi connectivity index (χ1) is 11.8. The summed E-state index contributed by atoms with van der Waals surface area (Å²) in [6.07, 6.45) is 0.151. The first-order valence-corrected chi connectivity index (χ1v) is 9.35. The van der Waals surface area contributed by atoms with Gasteiger partial charge in [0.2, 0.25) is 10.0 Å². The zero-order chi connectivity index (χ0) is 18.4. The lowest BCUT2D eigenvalue weighted by molar-refractivity contribution is 0.0657. The second kappa shape index (κ2) is 8.24. The number of hydrogen-bond donors (Lipinski definition) is 2. The number of carbonyl (C=O) groups is 1. The molecule has 0 atom stereocenters. The SMILES string of the molecule is CNS(=O)(=O)c1ccc(NC(=O)c2ccc(COC(C)C)cc2)cc1. The fraction of sp³-hybridized carbons (Fsp3) is 0.278. The number of anilines is 1. The van der Waals surface area contributed by atoms with E-state index < -0.39 is 10.0 Å². The summed E-state index contributed by atoms with van der Waals surface area (Å²) in [5, 5.41) is 2.74. The summed E-state index contributed by atoms with van der Waals surface area (Å²) in [4.78, 5) is 12.4. The Labute approximate surface area is 148 Å². The highest BCUT2D eigenvalue weighted by Crippen LogP contribution is 2.15. The van der Waals surface area contributed by atoms with Crippen molar-refractivity contribution in [2.75, 3.05) is 12.4 Å². The van der Waals surface area contributed by atoms with Crippen LogP contribution in [0.3, 0.4) is 0 Å². The van der Waals surface area contributed by atoms with Gasteiger partial charge in [-0.3, -0.25) is 4.79 Å². The van der Waals surface area contributed by atoms with E-state index in [2.05, 4.69) is 10.0 Å². The number of carbonyl (C=O) groups excluding carboxylic acids is 1. The first-order valence-electron chi connectivity index (χ1n) is 7.87. The van der Waals surface area contributed by atoms with Gasteiger partial charge >= 0.3 is 0 Å². The van der Waals surface area contributed by atoms with Gasteiger partial charge in [-0.25, -0.2) is 13.1 Å². The van der Waals surface area contributed by atoms with Crippen LogP contribution >= 0.6 is 0 Å². The lowest BCUT2D eigenvalue weighted by Gasteiger charge is -2.09. The summed E-state index contributed by atoms with van der Waals surface area (Å²) >= 11 is 0. The summed E-state index contributed by atoms with van der Waals surface area (Å²) in [6, 6.07) is 13.1. The van der Waals surface area contributed by atoms with Crippen LogP contribution in [0.2, 0.25) is 0 Å². The second-order valence-corrected chi connectivity index (χ2v) is 7.63. The van der Waals surface area contributed by atoms with Crippen molar-refractivity contribution in [3.05, 3.63) is 59.7 Å². The Morgan fingerprint density at radius 3 is 2.16 bits per heavy atom. The molecule has 0 fully saturated rings. The minimum absolute atomic E-state index is 0.141. The maximum atomic E-state index is 12.3. The lowest BCUT2D eigenvalue weighted by Crippen LogP contribution is -2.18. The van der Waals surface area contributed by atoms with Gasteiger partial charge in [-0.1, -0.05) is 12.1 Å². The number of nitrogens with one attached hydrogen (secondary N) is 2. The van der Waals surface area contributed by atoms with E-state index in [4.69, 9.17) is 4.74 Å². The molecule has 0 bridgehead atoms. The standard InChI is InChI=1S/C18H22N2O4S/c1-13(2)24-12-14-4-6-15(7-5-14)18(21)20-16-8-10-17(11-9-16)25(22,23)19-3/h4-11,13,19H,12H2,1-3H3,(H,20,21). The van der Waals surface area contributed by atoms with Crippen molar-refractivity contribution in [1.82, 2.24) is 4.72 Å². The molecule has 0 radical (unpaired) electrons. The molecule has 0 unspecified atom stereocenters. The molecule has 2 aromatic carbocycles. The topological polar surface area (TPSA) is 84.5 Å². The highest BCUT2D eigenvalue weighted by Gasteiger charge is 2.11. The molecule has 0 heterocycles. The van der Waals surface area contributed by atoms with Gasteiger partial charge in [0.25, 0.3) is 5.91 Å². The van der Waals surface area contributed by atoms with Gasteiger partial charge in [0.15, 0.2) is 0 Å². The van der Waals surface area contributed by atoms with Gasteiger partial charge in [0.1, 0.15) is 0 Å². The Hall–Kier alpha value is -2.22. The van der Waals surface area contributed by atoms with Crippen LogP contribution in [0.15, 0.2) is 53.4 Å². The van der Waals surface area contributed by atoms with E-state index in [1.807, 2.05) is 26.0 Å². The quantitative estimate of drug-likeness (QED) is 0.793. The van der Waals surface area contributed by atoms with Crippen LogP contribution in [0.1, 0.15) is 29.8 Å². The predicted octanol–water partition coefficient (Wildman–Crippen LogP) is 2.77. The second-order valence-electron chi connectivity index (χ2n) is 5.74. The third-order valence-corrected chi connectivity index (χ3v) is 4.92. The average Bonchev–Trinajstić information content (AvgIpc) is 2.60. The zero-order valence-electron chi connectivity index (χ0n) is 14.4. The maximum Gasteiger partial charge on any atom is 0.255 e. The number of amides is 1. The van der Waals surface area contributed by atoms with E-state index in [9.17, 15) is 13.2 Å². The van der Waals surface area contributed by atoms with Crippen LogP contribution < -0.4 is 10.0 Å². The molecule has 6 nitrogen and oxygen atoms in total. The fourth-order valence-electron chi connectivity index (χ4n) is 2.05. The fourth-order valence-corrected chi connectivity index (χ4v) is 2.78. The van der Waals surface area contributed by atoms with Gasteiger partial charge in [-0.15, -0.1) is 0 Å². The van der Waals surface area contributed by atoms with Crippen molar-refractivity contribution in [3.8, 4) is 0 Å². The number of benzene rings is 2. The average molecular weight is 362 g/mol. The van der Waals surface area contributed by atoms with Crippen molar-refractivity contribution >= 4 is 21.6 Å². The summed E-state index contributed by atoms with van der Waals surface area (Å²) in [5.74, 6) is -0.263. The summed E-state index contributed by atoms with van der Waals surface area (Å²) in [7, 11) is -2.14. The van der Waals surface area contributed by atoms with E-state index in [0.29, 0.717) is 17.9 Å². The van der Waals surface area contributed by atoms with Gasteiger partial charge in [0.05, 0.1) is 17.6 Å². The molecule has 0 saturated carbocycles. The minimum Gasteiger partial charge on any atom is -0.374 e. The summed E-state index contributed by atoms with van der Waals surface area (Å²) < 4.78 is 31.1. The third-order valence-electron chi connectivity index (χ3n) is 3.49. The van der Waals surface area contributed by atoms with Crippen molar-refractivity contribution in [2.45, 2.75) is 31.5 Å². The molecule has 0 spiro atoms. The van der Waals surface area contributed by atoms with Crippen molar-refractivity contribution < 1.29 is 17.9 Å². The van der Waals surface area contributed by atoms with Gasteiger partial charge in [0, 0.05) is 11.3 Å². The number of hydrogen-bond acceptors (Lipinski definition) is 4. The highest BCUT2D eigenvalue weighted by molar-refractivity contribution is 7.89. The molecule has 0 aromatic heterocycles. The molecule has 0 aliphatic rings. The van der Waals surface area contributed by atoms with E-state index in [0.717, 1.165) is 5.56 Å². The van der Waals surface area contributed by atoms with E-state index in [1.165, 1.54) is 19.2 Å². The molecule has 7 heteroatoms. The Balaban J connectivity index is 2.02. The van der Waals surface area contributed by atoms with E-state index in [-0.39, 0.29) is 16.9 Å².